The molecule has 0 radical (unpaired) electrons. The average molecular weight is 405 g/mol. The fourth-order valence-corrected chi connectivity index (χ4v) is 1.95. The number of benzene rings is 1. The lowest BCUT2D eigenvalue weighted by Gasteiger charge is -2.19. The number of nitrogens with zero attached hydrogens (tertiary/aromatic N) is 1. The molecule has 1 aliphatic heterocycles. The summed E-state index contributed by atoms with van der Waals surface area (Å²) in [6.45, 7) is 5.52. The molecule has 0 amide bonds. The van der Waals surface area contributed by atoms with E-state index in [0.717, 1.165) is 43.5 Å². The first kappa shape index (κ1) is 17.9. The fraction of sp³-hybridized carbons (Fsp3) is 0.533. The summed E-state index contributed by atoms with van der Waals surface area (Å²) in [6, 6.07) is 7.70. The summed E-state index contributed by atoms with van der Waals surface area (Å²) < 4.78 is 11.1. The minimum absolute atomic E-state index is 0. The Bertz CT molecular complexity index is 454. The zero-order valence-corrected chi connectivity index (χ0v) is 14.9. The molecule has 1 aliphatic rings. The third kappa shape index (κ3) is 5.99. The largest absolute Gasteiger partial charge is 0.493 e. The smallest absolute Gasteiger partial charge is 0.191 e. The Labute approximate surface area is 143 Å². The minimum Gasteiger partial charge on any atom is -0.493 e. The maximum Gasteiger partial charge on any atom is 0.191 e. The number of methoxy groups -OCH3 is 1. The molecule has 0 fully saturated rings. The molecule has 1 heterocycles. The number of nitrogens with one attached hydrogen (secondary N) is 2. The zero-order chi connectivity index (χ0) is 14.2. The van der Waals surface area contributed by atoms with Crippen molar-refractivity contribution in [2.45, 2.75) is 13.3 Å². The van der Waals surface area contributed by atoms with Crippen LogP contribution in [0.2, 0.25) is 0 Å². The quantitative estimate of drug-likeness (QED) is 0.714. The highest BCUT2D eigenvalue weighted by Crippen LogP contribution is 2.26. The van der Waals surface area contributed by atoms with Crippen molar-refractivity contribution in [3.63, 3.8) is 0 Å². The predicted molar refractivity (Wildman–Crippen MR) is 96.0 cm³/mol. The van der Waals surface area contributed by atoms with Gasteiger partial charge >= 0.3 is 0 Å². The average Bonchev–Trinajstić information content (AvgIpc) is 2.52. The van der Waals surface area contributed by atoms with Crippen molar-refractivity contribution in [3.05, 3.63) is 24.3 Å². The number of aliphatic imine (C=N–C) groups is 1. The van der Waals surface area contributed by atoms with Crippen molar-refractivity contribution in [1.82, 2.24) is 10.6 Å². The van der Waals surface area contributed by atoms with E-state index in [-0.39, 0.29) is 24.0 Å². The van der Waals surface area contributed by atoms with Gasteiger partial charge in [0.1, 0.15) is 0 Å². The first-order valence-corrected chi connectivity index (χ1v) is 7.07. The summed E-state index contributed by atoms with van der Waals surface area (Å²) in [6.07, 6.45) is 1.11. The molecule has 1 unspecified atom stereocenters. The lowest BCUT2D eigenvalue weighted by atomic mass is 10.2. The van der Waals surface area contributed by atoms with Crippen LogP contribution >= 0.6 is 24.0 Å². The monoisotopic (exact) mass is 405 g/mol. The molecule has 0 aromatic heterocycles. The number of rotatable bonds is 6. The summed E-state index contributed by atoms with van der Waals surface area (Å²) in [5.41, 5.74) is 0. The molecule has 21 heavy (non-hydrogen) atoms. The van der Waals surface area contributed by atoms with Gasteiger partial charge in [-0.3, -0.25) is 4.99 Å². The lowest BCUT2D eigenvalue weighted by molar-refractivity contribution is 0.247. The first-order chi connectivity index (χ1) is 9.79. The van der Waals surface area contributed by atoms with Crippen molar-refractivity contribution < 1.29 is 9.47 Å². The van der Waals surface area contributed by atoms with Crippen molar-refractivity contribution >= 4 is 29.9 Å². The Morgan fingerprint density at radius 1 is 1.33 bits per heavy atom. The van der Waals surface area contributed by atoms with Crippen LogP contribution in [0.3, 0.4) is 0 Å². The zero-order valence-electron chi connectivity index (χ0n) is 12.6. The minimum atomic E-state index is 0. The van der Waals surface area contributed by atoms with Crippen molar-refractivity contribution in [3.8, 4) is 11.5 Å². The van der Waals surface area contributed by atoms with E-state index in [0.29, 0.717) is 12.5 Å². The number of hydrogen-bond acceptors (Lipinski definition) is 5. The van der Waals surface area contributed by atoms with Gasteiger partial charge in [0.25, 0.3) is 0 Å². The van der Waals surface area contributed by atoms with E-state index in [1.54, 1.807) is 7.11 Å². The molecule has 1 aromatic rings. The SMILES string of the molecule is COc1ccccc1OCC(C)CNC1=NCCCN1.I. The molecule has 0 saturated heterocycles. The second-order valence-corrected chi connectivity index (χ2v) is 4.96. The van der Waals surface area contributed by atoms with Crippen LogP contribution in [0.15, 0.2) is 29.3 Å². The molecule has 0 bridgehead atoms. The Morgan fingerprint density at radius 2 is 2.10 bits per heavy atom. The highest BCUT2D eigenvalue weighted by atomic mass is 127. The Morgan fingerprint density at radius 3 is 2.76 bits per heavy atom. The van der Waals surface area contributed by atoms with Crippen LogP contribution in [-0.2, 0) is 0 Å². The van der Waals surface area contributed by atoms with Crippen molar-refractivity contribution in [2.75, 3.05) is 33.4 Å². The number of ether oxygens (including phenoxy) is 2. The van der Waals surface area contributed by atoms with Crippen molar-refractivity contribution in [2.24, 2.45) is 10.9 Å². The number of guanidine groups is 1. The van der Waals surface area contributed by atoms with Crippen LogP contribution in [0.1, 0.15) is 13.3 Å². The van der Waals surface area contributed by atoms with E-state index in [4.69, 9.17) is 9.47 Å². The second-order valence-electron chi connectivity index (χ2n) is 4.96. The van der Waals surface area contributed by atoms with E-state index in [1.807, 2.05) is 24.3 Å². The third-order valence-corrected chi connectivity index (χ3v) is 3.11. The molecule has 5 nitrogen and oxygen atoms in total. The number of hydrogen-bond donors (Lipinski definition) is 2. The molecule has 0 aliphatic carbocycles. The molecular weight excluding hydrogens is 381 g/mol. The van der Waals surface area contributed by atoms with Gasteiger partial charge in [-0.25, -0.2) is 0 Å². The van der Waals surface area contributed by atoms with Gasteiger partial charge in [0, 0.05) is 25.6 Å². The molecular formula is C15H24IN3O2. The van der Waals surface area contributed by atoms with Gasteiger partial charge in [-0.05, 0) is 18.6 Å². The Balaban J connectivity index is 0.00000220. The second kappa shape index (κ2) is 9.70. The maximum atomic E-state index is 5.80. The van der Waals surface area contributed by atoms with Gasteiger partial charge in [0.05, 0.1) is 13.7 Å². The van der Waals surface area contributed by atoms with Gasteiger partial charge in [-0.1, -0.05) is 19.1 Å². The van der Waals surface area contributed by atoms with E-state index in [2.05, 4.69) is 22.5 Å². The summed E-state index contributed by atoms with van der Waals surface area (Å²) in [4.78, 5) is 4.38. The van der Waals surface area contributed by atoms with E-state index >= 15 is 0 Å². The third-order valence-electron chi connectivity index (χ3n) is 3.11. The van der Waals surface area contributed by atoms with Gasteiger partial charge in [0.15, 0.2) is 17.5 Å². The van der Waals surface area contributed by atoms with Gasteiger partial charge in [0.2, 0.25) is 0 Å². The van der Waals surface area contributed by atoms with Gasteiger partial charge < -0.3 is 20.1 Å². The Hall–Kier alpha value is -1.18. The lowest BCUT2D eigenvalue weighted by Crippen LogP contribution is -2.42. The van der Waals surface area contributed by atoms with Gasteiger partial charge in [-0.2, -0.15) is 0 Å². The number of halogens is 1. The van der Waals surface area contributed by atoms with Crippen LogP contribution in [0.4, 0.5) is 0 Å². The normalized spacial score (nSPS) is 15.0. The molecule has 1 aromatic carbocycles. The van der Waals surface area contributed by atoms with E-state index in [9.17, 15) is 0 Å². The van der Waals surface area contributed by atoms with E-state index in [1.165, 1.54) is 0 Å². The van der Waals surface area contributed by atoms with Crippen LogP contribution in [0.5, 0.6) is 11.5 Å². The van der Waals surface area contributed by atoms with Crippen LogP contribution in [-0.4, -0.2) is 39.3 Å². The molecule has 0 spiro atoms. The molecule has 6 heteroatoms. The van der Waals surface area contributed by atoms with Crippen molar-refractivity contribution in [1.29, 1.82) is 0 Å². The fourth-order valence-electron chi connectivity index (χ4n) is 1.95. The summed E-state index contributed by atoms with van der Waals surface area (Å²) in [5, 5.41) is 6.56. The molecule has 2 rings (SSSR count). The van der Waals surface area contributed by atoms with Gasteiger partial charge in [-0.15, -0.1) is 24.0 Å². The topological polar surface area (TPSA) is 54.9 Å². The maximum absolute atomic E-state index is 5.80. The molecule has 118 valence electrons. The highest BCUT2D eigenvalue weighted by Gasteiger charge is 2.09. The molecule has 0 saturated carbocycles. The van der Waals surface area contributed by atoms with Crippen LogP contribution in [0.25, 0.3) is 0 Å². The standard InChI is InChI=1S/C15H23N3O2.HI/c1-12(10-18-15-16-8-5-9-17-15)11-20-14-7-4-3-6-13(14)19-2;/h3-4,6-7,12H,5,8-11H2,1-2H3,(H2,16,17,18);1H. The summed E-state index contributed by atoms with van der Waals surface area (Å²) in [7, 11) is 1.65. The highest BCUT2D eigenvalue weighted by molar-refractivity contribution is 14.0. The molecule has 2 N–H and O–H groups in total. The van der Waals surface area contributed by atoms with Crippen LogP contribution in [0, 0.1) is 5.92 Å². The first-order valence-electron chi connectivity index (χ1n) is 7.07. The summed E-state index contributed by atoms with van der Waals surface area (Å²) >= 11 is 0. The summed E-state index contributed by atoms with van der Waals surface area (Å²) in [5.74, 6) is 2.84. The molecule has 1 atom stereocenters. The Kier molecular flexibility index (Phi) is 8.26. The predicted octanol–water partition coefficient (Wildman–Crippen LogP) is 2.27. The van der Waals surface area contributed by atoms with E-state index < -0.39 is 0 Å². The number of para-hydroxylation sites is 2. The van der Waals surface area contributed by atoms with Crippen LogP contribution < -0.4 is 20.1 Å².